The van der Waals surface area contributed by atoms with Gasteiger partial charge in [-0.15, -0.1) is 0 Å². The van der Waals surface area contributed by atoms with Crippen LogP contribution >= 0.6 is 11.6 Å². The van der Waals surface area contributed by atoms with E-state index in [1.54, 1.807) is 0 Å². The number of hydrogen-bond acceptors (Lipinski definition) is 0. The van der Waals surface area contributed by atoms with Crippen molar-refractivity contribution in [1.29, 1.82) is 0 Å². The lowest BCUT2D eigenvalue weighted by Crippen LogP contribution is -2.05. The smallest absolute Gasteiger partial charge is 0.0923 e. The highest BCUT2D eigenvalue weighted by atomic mass is 35.5. The Morgan fingerprint density at radius 3 is 2.56 bits per heavy atom. The van der Waals surface area contributed by atoms with E-state index in [-0.39, 0.29) is 0 Å². The second-order valence-electron chi connectivity index (χ2n) is 1.95. The van der Waals surface area contributed by atoms with E-state index in [0.717, 1.165) is 16.0 Å². The Kier molecular flexibility index (Phi) is 1.82. The molecule has 44 valence electrons. The van der Waals surface area contributed by atoms with Crippen LogP contribution in [-0.4, -0.2) is 7.85 Å². The molecule has 0 aliphatic rings. The third-order valence-corrected chi connectivity index (χ3v) is 1.72. The maximum atomic E-state index is 5.73. The van der Waals surface area contributed by atoms with Gasteiger partial charge in [0, 0.05) is 5.02 Å². The van der Waals surface area contributed by atoms with Crippen LogP contribution < -0.4 is 5.46 Å². The highest BCUT2D eigenvalue weighted by Crippen LogP contribution is 2.09. The minimum atomic E-state index is 0.731. The van der Waals surface area contributed by atoms with Gasteiger partial charge in [0.1, 0.15) is 7.85 Å². The van der Waals surface area contributed by atoms with E-state index in [1.165, 1.54) is 0 Å². The minimum absolute atomic E-state index is 0.731. The van der Waals surface area contributed by atoms with Gasteiger partial charge in [0.05, 0.1) is 0 Å². The van der Waals surface area contributed by atoms with Gasteiger partial charge in [0.25, 0.3) is 0 Å². The summed E-state index contributed by atoms with van der Waals surface area (Å²) in [5.41, 5.74) is 1.71. The number of benzene rings is 1. The normalized spacial score (nSPS) is 9.56. The molecular formula is C7H6BCl. The lowest BCUT2D eigenvalue weighted by atomic mass is 9.92. The largest absolute Gasteiger partial charge is 0.114 e. The van der Waals surface area contributed by atoms with Crippen LogP contribution in [0.25, 0.3) is 0 Å². The predicted molar refractivity (Wildman–Crippen MR) is 41.6 cm³/mol. The molecule has 0 aliphatic carbocycles. The second kappa shape index (κ2) is 2.44. The summed E-state index contributed by atoms with van der Waals surface area (Å²) in [5.74, 6) is 0. The zero-order valence-electron chi connectivity index (χ0n) is 5.19. The second-order valence-corrected chi connectivity index (χ2v) is 2.36. The fraction of sp³-hybridized carbons (Fsp3) is 0.143. The van der Waals surface area contributed by atoms with Gasteiger partial charge in [-0.25, -0.2) is 0 Å². The van der Waals surface area contributed by atoms with Crippen LogP contribution in [0.2, 0.25) is 5.02 Å². The third-order valence-electron chi connectivity index (χ3n) is 1.31. The molecule has 0 N–H and O–H groups in total. The van der Waals surface area contributed by atoms with E-state index in [0.29, 0.717) is 0 Å². The molecule has 1 rings (SSSR count). The average molecular weight is 136 g/mol. The molecule has 0 spiro atoms. The molecule has 0 saturated heterocycles. The van der Waals surface area contributed by atoms with Crippen LogP contribution in [0.4, 0.5) is 0 Å². The molecule has 2 radical (unpaired) electrons. The Labute approximate surface area is 61.3 Å². The van der Waals surface area contributed by atoms with E-state index in [4.69, 9.17) is 19.4 Å². The number of hydrogen-bond donors (Lipinski definition) is 0. The summed E-state index contributed by atoms with van der Waals surface area (Å²) in [5, 5.41) is 0.731. The molecular weight excluding hydrogens is 130 g/mol. The van der Waals surface area contributed by atoms with Crippen molar-refractivity contribution in [2.45, 2.75) is 6.92 Å². The van der Waals surface area contributed by atoms with Gasteiger partial charge in [-0.2, -0.15) is 0 Å². The maximum Gasteiger partial charge on any atom is 0.114 e. The summed E-state index contributed by atoms with van der Waals surface area (Å²) in [6.07, 6.45) is 0. The summed E-state index contributed by atoms with van der Waals surface area (Å²) in [4.78, 5) is 0. The highest BCUT2D eigenvalue weighted by molar-refractivity contribution is 6.37. The first-order valence-corrected chi connectivity index (χ1v) is 3.10. The molecule has 0 bridgehead atoms. The molecule has 1 aromatic rings. The lowest BCUT2D eigenvalue weighted by Gasteiger charge is -1.99. The molecule has 0 nitrogen and oxygen atoms in total. The quantitative estimate of drug-likeness (QED) is 0.474. The van der Waals surface area contributed by atoms with Crippen LogP contribution in [-0.2, 0) is 0 Å². The van der Waals surface area contributed by atoms with Crippen molar-refractivity contribution in [2.75, 3.05) is 0 Å². The zero-order valence-corrected chi connectivity index (χ0v) is 5.94. The van der Waals surface area contributed by atoms with Crippen LogP contribution in [0, 0.1) is 6.92 Å². The van der Waals surface area contributed by atoms with E-state index < -0.39 is 0 Å². The van der Waals surface area contributed by atoms with Crippen LogP contribution in [0.3, 0.4) is 0 Å². The Balaban J connectivity index is 3.25. The summed E-state index contributed by atoms with van der Waals surface area (Å²) >= 11 is 5.73. The fourth-order valence-electron chi connectivity index (χ4n) is 0.624. The standard InChI is InChI=1S/C7H6BCl/c1-5-6(8)3-2-4-7(5)9/h2-4H,1H3. The van der Waals surface area contributed by atoms with E-state index in [1.807, 2.05) is 25.1 Å². The van der Waals surface area contributed by atoms with Crippen molar-refractivity contribution >= 4 is 24.9 Å². The maximum absolute atomic E-state index is 5.73. The van der Waals surface area contributed by atoms with E-state index in [9.17, 15) is 0 Å². The van der Waals surface area contributed by atoms with Crippen LogP contribution in [0.5, 0.6) is 0 Å². The molecule has 0 unspecified atom stereocenters. The van der Waals surface area contributed by atoms with E-state index in [2.05, 4.69) is 0 Å². The molecule has 9 heavy (non-hydrogen) atoms. The average Bonchev–Trinajstić information content (AvgIpc) is 1.83. The molecule has 1 aromatic carbocycles. The Bertz CT molecular complexity index is 200. The Morgan fingerprint density at radius 1 is 1.44 bits per heavy atom. The van der Waals surface area contributed by atoms with Gasteiger partial charge < -0.3 is 0 Å². The summed E-state index contributed by atoms with van der Waals surface area (Å²) in [6, 6.07) is 5.50. The Hall–Kier alpha value is -0.425. The van der Waals surface area contributed by atoms with Gasteiger partial charge in [-0.3, -0.25) is 0 Å². The first-order valence-electron chi connectivity index (χ1n) is 2.72. The van der Waals surface area contributed by atoms with Crippen molar-refractivity contribution in [1.82, 2.24) is 0 Å². The molecule has 0 atom stereocenters. The van der Waals surface area contributed by atoms with Gasteiger partial charge >= 0.3 is 0 Å². The van der Waals surface area contributed by atoms with Crippen molar-refractivity contribution < 1.29 is 0 Å². The number of rotatable bonds is 0. The topological polar surface area (TPSA) is 0 Å². The molecule has 2 heteroatoms. The fourth-order valence-corrected chi connectivity index (χ4v) is 0.806. The van der Waals surface area contributed by atoms with Gasteiger partial charge in [0.15, 0.2) is 0 Å². The summed E-state index contributed by atoms with van der Waals surface area (Å²) < 4.78 is 0. The molecule has 0 fully saturated rings. The zero-order chi connectivity index (χ0) is 6.85. The van der Waals surface area contributed by atoms with Gasteiger partial charge in [-0.05, 0) is 18.6 Å². The number of halogens is 1. The monoisotopic (exact) mass is 136 g/mol. The van der Waals surface area contributed by atoms with Crippen molar-refractivity contribution in [2.24, 2.45) is 0 Å². The molecule has 0 saturated carbocycles. The first kappa shape index (κ1) is 6.69. The molecule has 0 amide bonds. The molecule has 0 heterocycles. The summed E-state index contributed by atoms with van der Waals surface area (Å²) in [7, 11) is 5.54. The SMILES string of the molecule is [B]c1cccc(Cl)c1C. The van der Waals surface area contributed by atoms with Crippen molar-refractivity contribution in [3.63, 3.8) is 0 Å². The van der Waals surface area contributed by atoms with Crippen LogP contribution in [0.15, 0.2) is 18.2 Å². The van der Waals surface area contributed by atoms with Gasteiger partial charge in [-0.1, -0.05) is 29.2 Å². The minimum Gasteiger partial charge on any atom is -0.0923 e. The molecule has 0 aliphatic heterocycles. The summed E-state index contributed by atoms with van der Waals surface area (Å²) in [6.45, 7) is 1.90. The van der Waals surface area contributed by atoms with Crippen LogP contribution in [0.1, 0.15) is 5.56 Å². The van der Waals surface area contributed by atoms with Crippen molar-refractivity contribution in [3.8, 4) is 0 Å². The first-order chi connectivity index (χ1) is 4.22. The molecule has 0 aromatic heterocycles. The highest BCUT2D eigenvalue weighted by Gasteiger charge is 1.93. The van der Waals surface area contributed by atoms with E-state index >= 15 is 0 Å². The third kappa shape index (κ3) is 1.28. The van der Waals surface area contributed by atoms with Crippen molar-refractivity contribution in [3.05, 3.63) is 28.8 Å². The van der Waals surface area contributed by atoms with Gasteiger partial charge in [0.2, 0.25) is 0 Å². The lowest BCUT2D eigenvalue weighted by molar-refractivity contribution is 1.52. The predicted octanol–water partition coefficient (Wildman–Crippen LogP) is 1.44. The Morgan fingerprint density at radius 2 is 2.11 bits per heavy atom.